The minimum absolute atomic E-state index is 0.0400. The van der Waals surface area contributed by atoms with Crippen LogP contribution in [0.5, 0.6) is 0 Å². The summed E-state index contributed by atoms with van der Waals surface area (Å²) >= 11 is 7.50. The van der Waals surface area contributed by atoms with Gasteiger partial charge in [0.05, 0.1) is 5.02 Å². The molecule has 1 aromatic heterocycles. The number of hydrogen-bond donors (Lipinski definition) is 2. The molecule has 0 spiro atoms. The quantitative estimate of drug-likeness (QED) is 0.869. The Morgan fingerprint density at radius 2 is 2.41 bits per heavy atom. The van der Waals surface area contributed by atoms with E-state index in [1.807, 2.05) is 12.3 Å². The predicted octanol–water partition coefficient (Wildman–Crippen LogP) is 2.58. The van der Waals surface area contributed by atoms with Gasteiger partial charge in [-0.3, -0.25) is 4.79 Å². The first kappa shape index (κ1) is 12.9. The van der Waals surface area contributed by atoms with Crippen LogP contribution in [0, 0.1) is 6.92 Å². The summed E-state index contributed by atoms with van der Waals surface area (Å²) < 4.78 is 0. The van der Waals surface area contributed by atoms with Crippen molar-refractivity contribution in [1.82, 2.24) is 10.6 Å². The minimum Gasteiger partial charge on any atom is -0.347 e. The maximum absolute atomic E-state index is 12.0. The number of carbonyl (C=O) groups is 1. The number of halogens is 1. The maximum atomic E-state index is 12.0. The van der Waals surface area contributed by atoms with Crippen LogP contribution in [0.4, 0.5) is 0 Å². The molecule has 1 amide bonds. The molecule has 0 bridgehead atoms. The molecule has 1 saturated heterocycles. The van der Waals surface area contributed by atoms with Crippen LogP contribution in [0.25, 0.3) is 0 Å². The molecular weight excluding hydrogens is 256 g/mol. The van der Waals surface area contributed by atoms with Gasteiger partial charge in [0.2, 0.25) is 0 Å². The van der Waals surface area contributed by atoms with Crippen molar-refractivity contribution in [1.29, 1.82) is 0 Å². The molecule has 1 atom stereocenters. The summed E-state index contributed by atoms with van der Waals surface area (Å²) in [6, 6.07) is 0.225. The number of rotatable bonds is 2. The summed E-state index contributed by atoms with van der Waals surface area (Å²) in [5.41, 5.74) is 0.973. The van der Waals surface area contributed by atoms with Gasteiger partial charge in [-0.05, 0) is 37.3 Å². The van der Waals surface area contributed by atoms with E-state index in [1.54, 1.807) is 0 Å². The van der Waals surface area contributed by atoms with Crippen molar-refractivity contribution in [3.63, 3.8) is 0 Å². The van der Waals surface area contributed by atoms with Crippen molar-refractivity contribution in [2.24, 2.45) is 0 Å². The molecule has 0 saturated carbocycles. The van der Waals surface area contributed by atoms with Gasteiger partial charge < -0.3 is 10.6 Å². The van der Waals surface area contributed by atoms with Crippen LogP contribution in [0.1, 0.15) is 34.5 Å². The number of carbonyl (C=O) groups excluding carboxylic acids is 1. The molecule has 1 unspecified atom stereocenters. The molecule has 5 heteroatoms. The second kappa shape index (κ2) is 5.85. The van der Waals surface area contributed by atoms with Crippen molar-refractivity contribution in [3.8, 4) is 0 Å². The molecule has 17 heavy (non-hydrogen) atoms. The first-order valence-corrected chi connectivity index (χ1v) is 7.19. The molecule has 2 N–H and O–H groups in total. The average molecular weight is 273 g/mol. The molecule has 1 fully saturated rings. The van der Waals surface area contributed by atoms with Crippen LogP contribution in [0.3, 0.4) is 0 Å². The summed E-state index contributed by atoms with van der Waals surface area (Å²) in [5, 5.41) is 8.89. The Morgan fingerprint density at radius 1 is 1.59 bits per heavy atom. The van der Waals surface area contributed by atoms with Crippen molar-refractivity contribution < 1.29 is 4.79 Å². The number of thiophene rings is 1. The number of hydrogen-bond acceptors (Lipinski definition) is 3. The van der Waals surface area contributed by atoms with Gasteiger partial charge >= 0.3 is 0 Å². The maximum Gasteiger partial charge on any atom is 0.263 e. The van der Waals surface area contributed by atoms with E-state index in [0.717, 1.165) is 31.5 Å². The fourth-order valence-corrected chi connectivity index (χ4v) is 3.16. The van der Waals surface area contributed by atoms with E-state index in [4.69, 9.17) is 11.6 Å². The summed E-state index contributed by atoms with van der Waals surface area (Å²) in [7, 11) is 0. The Kier molecular flexibility index (Phi) is 4.42. The van der Waals surface area contributed by atoms with E-state index in [2.05, 4.69) is 10.6 Å². The van der Waals surface area contributed by atoms with Crippen LogP contribution in [0.2, 0.25) is 5.02 Å². The fraction of sp³-hybridized carbons (Fsp3) is 0.583. The monoisotopic (exact) mass is 272 g/mol. The second-order valence-corrected chi connectivity index (χ2v) is 5.69. The predicted molar refractivity (Wildman–Crippen MR) is 72.0 cm³/mol. The minimum atomic E-state index is -0.0400. The smallest absolute Gasteiger partial charge is 0.263 e. The molecule has 1 aliphatic rings. The number of aryl methyl sites for hydroxylation is 1. The Hall–Kier alpha value is -0.580. The Morgan fingerprint density at radius 3 is 3.12 bits per heavy atom. The summed E-state index contributed by atoms with van der Waals surface area (Å²) in [5.74, 6) is -0.0400. The number of amides is 1. The molecule has 2 rings (SSSR count). The lowest BCUT2D eigenvalue weighted by atomic mass is 10.1. The summed E-state index contributed by atoms with van der Waals surface area (Å²) in [6.45, 7) is 3.82. The third-order valence-electron chi connectivity index (χ3n) is 2.99. The van der Waals surface area contributed by atoms with E-state index in [1.165, 1.54) is 17.8 Å². The van der Waals surface area contributed by atoms with Crippen LogP contribution >= 0.6 is 22.9 Å². The molecule has 1 aliphatic heterocycles. The van der Waals surface area contributed by atoms with Gasteiger partial charge in [-0.2, -0.15) is 0 Å². The average Bonchev–Trinajstić information content (AvgIpc) is 2.55. The van der Waals surface area contributed by atoms with Crippen LogP contribution in [0.15, 0.2) is 5.38 Å². The highest BCUT2D eigenvalue weighted by Crippen LogP contribution is 2.27. The molecule has 94 valence electrons. The normalized spacial score (nSPS) is 20.9. The topological polar surface area (TPSA) is 41.1 Å². The Balaban J connectivity index is 1.98. The van der Waals surface area contributed by atoms with Gasteiger partial charge in [0.1, 0.15) is 4.88 Å². The first-order valence-electron chi connectivity index (χ1n) is 5.93. The third-order valence-corrected chi connectivity index (χ3v) is 4.68. The molecule has 0 aliphatic carbocycles. The largest absolute Gasteiger partial charge is 0.347 e. The van der Waals surface area contributed by atoms with E-state index in [9.17, 15) is 4.79 Å². The zero-order chi connectivity index (χ0) is 12.3. The van der Waals surface area contributed by atoms with Gasteiger partial charge in [-0.15, -0.1) is 11.3 Å². The zero-order valence-corrected chi connectivity index (χ0v) is 11.5. The van der Waals surface area contributed by atoms with Gasteiger partial charge in [-0.25, -0.2) is 0 Å². The van der Waals surface area contributed by atoms with Crippen molar-refractivity contribution in [3.05, 3.63) is 20.8 Å². The summed E-state index contributed by atoms with van der Waals surface area (Å²) in [6.07, 6.45) is 3.39. The summed E-state index contributed by atoms with van der Waals surface area (Å²) in [4.78, 5) is 12.7. The second-order valence-electron chi connectivity index (χ2n) is 4.43. The first-order chi connectivity index (χ1) is 8.18. The lowest BCUT2D eigenvalue weighted by Gasteiger charge is -2.15. The molecular formula is C12H17ClN2OS. The van der Waals surface area contributed by atoms with E-state index in [-0.39, 0.29) is 11.9 Å². The zero-order valence-electron chi connectivity index (χ0n) is 9.88. The molecule has 0 aromatic carbocycles. The fourth-order valence-electron chi connectivity index (χ4n) is 1.98. The van der Waals surface area contributed by atoms with Gasteiger partial charge in [0, 0.05) is 12.6 Å². The highest BCUT2D eigenvalue weighted by Gasteiger charge is 2.19. The van der Waals surface area contributed by atoms with Crippen LogP contribution < -0.4 is 10.6 Å². The van der Waals surface area contributed by atoms with E-state index in [0.29, 0.717) is 9.90 Å². The van der Waals surface area contributed by atoms with Crippen molar-refractivity contribution in [2.75, 3.05) is 13.1 Å². The van der Waals surface area contributed by atoms with Gasteiger partial charge in [0.15, 0.2) is 0 Å². The van der Waals surface area contributed by atoms with E-state index >= 15 is 0 Å². The van der Waals surface area contributed by atoms with Crippen LogP contribution in [-0.4, -0.2) is 25.0 Å². The van der Waals surface area contributed by atoms with Crippen LogP contribution in [-0.2, 0) is 0 Å². The van der Waals surface area contributed by atoms with Crippen molar-refractivity contribution in [2.45, 2.75) is 32.2 Å². The van der Waals surface area contributed by atoms with Crippen molar-refractivity contribution >= 4 is 28.8 Å². The molecule has 3 nitrogen and oxygen atoms in total. The van der Waals surface area contributed by atoms with E-state index < -0.39 is 0 Å². The highest BCUT2D eigenvalue weighted by molar-refractivity contribution is 7.13. The molecule has 0 radical (unpaired) electrons. The van der Waals surface area contributed by atoms with Gasteiger partial charge in [0.25, 0.3) is 5.91 Å². The van der Waals surface area contributed by atoms with Gasteiger partial charge in [-0.1, -0.05) is 18.0 Å². The lowest BCUT2D eigenvalue weighted by Crippen LogP contribution is -2.40. The highest BCUT2D eigenvalue weighted by atomic mass is 35.5. The Bertz CT molecular complexity index is 397. The SMILES string of the molecule is Cc1csc(C(=O)NC2CCCCNC2)c1Cl. The molecule has 2 heterocycles. The molecule has 1 aromatic rings. The lowest BCUT2D eigenvalue weighted by molar-refractivity contribution is 0.0939. The third kappa shape index (κ3) is 3.21. The number of nitrogens with one attached hydrogen (secondary N) is 2. The Labute approximate surface area is 111 Å². The standard InChI is InChI=1S/C12H17ClN2OS/c1-8-7-17-11(10(8)13)12(16)15-9-4-2-3-5-14-6-9/h7,9,14H,2-6H2,1H3,(H,15,16).